The third-order valence-corrected chi connectivity index (χ3v) is 4.30. The molecule has 0 radical (unpaired) electrons. The maximum absolute atomic E-state index is 12.5. The molecule has 3 rings (SSSR count). The lowest BCUT2D eigenvalue weighted by Gasteiger charge is -2.15. The van der Waals surface area contributed by atoms with Gasteiger partial charge < -0.3 is 14.8 Å². The maximum Gasteiger partial charge on any atom is 0.349 e. The van der Waals surface area contributed by atoms with Crippen molar-refractivity contribution in [2.45, 2.75) is 20.0 Å². The zero-order valence-electron chi connectivity index (χ0n) is 14.1. The molecule has 0 spiro atoms. The molecule has 5 nitrogen and oxygen atoms in total. The Balaban J connectivity index is 1.83. The number of amides is 1. The van der Waals surface area contributed by atoms with Gasteiger partial charge in [-0.2, -0.15) is 0 Å². The van der Waals surface area contributed by atoms with Crippen LogP contribution >= 0.6 is 0 Å². The number of aliphatic hydroxyl groups is 1. The first-order valence-corrected chi connectivity index (χ1v) is 8.03. The van der Waals surface area contributed by atoms with Gasteiger partial charge in [-0.05, 0) is 36.6 Å². The third kappa shape index (κ3) is 3.32. The summed E-state index contributed by atoms with van der Waals surface area (Å²) < 4.78 is 5.23. The molecule has 1 unspecified atom stereocenters. The van der Waals surface area contributed by atoms with Crippen LogP contribution in [0, 0.1) is 13.8 Å². The van der Waals surface area contributed by atoms with Gasteiger partial charge in [-0.3, -0.25) is 4.79 Å². The highest BCUT2D eigenvalue weighted by atomic mass is 16.4. The average Bonchev–Trinajstić information content (AvgIpc) is 2.60. The quantitative estimate of drug-likeness (QED) is 0.718. The van der Waals surface area contributed by atoms with E-state index in [1.807, 2.05) is 37.3 Å². The zero-order valence-corrected chi connectivity index (χ0v) is 14.1. The van der Waals surface area contributed by atoms with Gasteiger partial charge in [0.25, 0.3) is 5.91 Å². The maximum atomic E-state index is 12.5. The minimum atomic E-state index is -0.849. The van der Waals surface area contributed by atoms with E-state index in [1.165, 1.54) is 0 Å². The lowest BCUT2D eigenvalue weighted by Crippen LogP contribution is -2.32. The summed E-state index contributed by atoms with van der Waals surface area (Å²) in [7, 11) is 0. The summed E-state index contributed by atoms with van der Waals surface area (Å²) in [6.45, 7) is 3.61. The normalized spacial score (nSPS) is 12.1. The van der Waals surface area contributed by atoms with E-state index in [2.05, 4.69) is 5.32 Å². The van der Waals surface area contributed by atoms with Crippen molar-refractivity contribution in [1.29, 1.82) is 0 Å². The van der Waals surface area contributed by atoms with Crippen molar-refractivity contribution in [1.82, 2.24) is 5.32 Å². The van der Waals surface area contributed by atoms with Crippen LogP contribution in [0.1, 0.15) is 33.2 Å². The molecule has 0 aliphatic rings. The highest BCUT2D eigenvalue weighted by Gasteiger charge is 2.19. The first-order valence-electron chi connectivity index (χ1n) is 8.03. The van der Waals surface area contributed by atoms with Crippen LogP contribution in [0.4, 0.5) is 0 Å². The summed E-state index contributed by atoms with van der Waals surface area (Å²) >= 11 is 0. The van der Waals surface area contributed by atoms with Crippen LogP contribution in [0.3, 0.4) is 0 Å². The summed E-state index contributed by atoms with van der Waals surface area (Å²) in [6, 6.07) is 14.5. The molecule has 2 aromatic carbocycles. The van der Waals surface area contributed by atoms with Crippen LogP contribution in [0.2, 0.25) is 0 Å². The Labute approximate surface area is 144 Å². The number of carbonyl (C=O) groups is 1. The van der Waals surface area contributed by atoms with Crippen LogP contribution in [0.5, 0.6) is 0 Å². The Bertz CT molecular complexity index is 990. The molecule has 1 heterocycles. The number of hydrogen-bond acceptors (Lipinski definition) is 4. The van der Waals surface area contributed by atoms with E-state index in [1.54, 1.807) is 25.1 Å². The number of aliphatic hydroxyl groups excluding tert-OH is 1. The van der Waals surface area contributed by atoms with Crippen LogP contribution < -0.4 is 10.9 Å². The lowest BCUT2D eigenvalue weighted by molar-refractivity contribution is 0.0912. The number of benzene rings is 2. The number of rotatable bonds is 4. The van der Waals surface area contributed by atoms with Gasteiger partial charge in [0, 0.05) is 11.9 Å². The largest absolute Gasteiger partial charge is 0.422 e. The van der Waals surface area contributed by atoms with Crippen molar-refractivity contribution in [3.63, 3.8) is 0 Å². The first kappa shape index (κ1) is 16.9. The molecule has 128 valence electrons. The molecule has 25 heavy (non-hydrogen) atoms. The van der Waals surface area contributed by atoms with Crippen molar-refractivity contribution >= 4 is 16.9 Å². The van der Waals surface area contributed by atoms with E-state index in [0.717, 1.165) is 11.1 Å². The van der Waals surface area contributed by atoms with Gasteiger partial charge in [0.15, 0.2) is 0 Å². The van der Waals surface area contributed by atoms with Crippen LogP contribution in [-0.2, 0) is 0 Å². The first-order chi connectivity index (χ1) is 12.0. The van der Waals surface area contributed by atoms with Gasteiger partial charge in [0.1, 0.15) is 11.1 Å². The zero-order chi connectivity index (χ0) is 18.0. The van der Waals surface area contributed by atoms with E-state index in [4.69, 9.17) is 4.42 Å². The molecule has 3 aromatic rings. The molecule has 5 heteroatoms. The number of para-hydroxylation sites is 1. The molecular weight excluding hydrogens is 318 g/mol. The van der Waals surface area contributed by atoms with Gasteiger partial charge in [0.2, 0.25) is 0 Å². The summed E-state index contributed by atoms with van der Waals surface area (Å²) in [5.74, 6) is -0.551. The summed E-state index contributed by atoms with van der Waals surface area (Å²) in [4.78, 5) is 24.6. The fourth-order valence-electron chi connectivity index (χ4n) is 2.92. The second-order valence-corrected chi connectivity index (χ2v) is 5.97. The van der Waals surface area contributed by atoms with E-state index in [0.29, 0.717) is 16.5 Å². The molecule has 0 saturated carbocycles. The topological polar surface area (TPSA) is 79.5 Å². The third-order valence-electron chi connectivity index (χ3n) is 4.30. The van der Waals surface area contributed by atoms with Gasteiger partial charge in [-0.15, -0.1) is 0 Å². The molecule has 1 amide bonds. The Kier molecular flexibility index (Phi) is 4.67. The Morgan fingerprint density at radius 1 is 1.12 bits per heavy atom. The highest BCUT2D eigenvalue weighted by Crippen LogP contribution is 2.19. The SMILES string of the molecule is Cc1ccccc1C(O)CNC(=O)c1c(C)c2ccccc2oc1=O. The van der Waals surface area contributed by atoms with Crippen molar-refractivity contribution in [3.05, 3.63) is 81.2 Å². The van der Waals surface area contributed by atoms with Gasteiger partial charge in [-0.1, -0.05) is 42.5 Å². The molecule has 0 bridgehead atoms. The smallest absolute Gasteiger partial charge is 0.349 e. The summed E-state index contributed by atoms with van der Waals surface area (Å²) in [5, 5.41) is 13.6. The van der Waals surface area contributed by atoms with Crippen molar-refractivity contribution < 1.29 is 14.3 Å². The van der Waals surface area contributed by atoms with E-state index in [9.17, 15) is 14.7 Å². The summed E-state index contributed by atoms with van der Waals surface area (Å²) in [6.07, 6.45) is -0.849. The standard InChI is InChI=1S/C20H19NO4/c1-12-7-3-4-8-14(12)16(22)11-21-19(23)18-13(2)15-9-5-6-10-17(15)25-20(18)24/h3-10,16,22H,11H2,1-2H3,(H,21,23). The van der Waals surface area contributed by atoms with E-state index >= 15 is 0 Å². The number of nitrogens with one attached hydrogen (secondary N) is 1. The van der Waals surface area contributed by atoms with Crippen LogP contribution in [0.25, 0.3) is 11.0 Å². The minimum Gasteiger partial charge on any atom is -0.422 e. The van der Waals surface area contributed by atoms with Crippen molar-refractivity contribution in [3.8, 4) is 0 Å². The monoisotopic (exact) mass is 337 g/mol. The van der Waals surface area contributed by atoms with Crippen LogP contribution in [0.15, 0.2) is 57.7 Å². The molecule has 1 aromatic heterocycles. The second kappa shape index (κ2) is 6.91. The Morgan fingerprint density at radius 3 is 2.56 bits per heavy atom. The molecular formula is C20H19NO4. The Morgan fingerprint density at radius 2 is 1.80 bits per heavy atom. The average molecular weight is 337 g/mol. The van der Waals surface area contributed by atoms with Crippen molar-refractivity contribution in [2.24, 2.45) is 0 Å². The predicted octanol–water partition coefficient (Wildman–Crippen LogP) is 2.87. The van der Waals surface area contributed by atoms with Crippen molar-refractivity contribution in [2.75, 3.05) is 6.54 Å². The van der Waals surface area contributed by atoms with Gasteiger partial charge in [0.05, 0.1) is 6.10 Å². The molecule has 1 atom stereocenters. The fraction of sp³-hybridized carbons (Fsp3) is 0.200. The predicted molar refractivity (Wildman–Crippen MR) is 95.7 cm³/mol. The molecule has 0 saturated heterocycles. The van der Waals surface area contributed by atoms with Gasteiger partial charge in [-0.25, -0.2) is 4.79 Å². The molecule has 0 aliphatic carbocycles. The van der Waals surface area contributed by atoms with Crippen LogP contribution in [-0.4, -0.2) is 17.6 Å². The van der Waals surface area contributed by atoms with E-state index < -0.39 is 17.6 Å². The molecule has 0 aliphatic heterocycles. The number of hydrogen-bond donors (Lipinski definition) is 2. The second-order valence-electron chi connectivity index (χ2n) is 5.97. The number of carbonyl (C=O) groups excluding carboxylic acids is 1. The number of aryl methyl sites for hydroxylation is 2. The summed E-state index contributed by atoms with van der Waals surface area (Å²) in [5.41, 5.74) is 1.97. The minimum absolute atomic E-state index is 0.00932. The Hall–Kier alpha value is -2.92. The molecule has 0 fully saturated rings. The highest BCUT2D eigenvalue weighted by molar-refractivity contribution is 5.99. The fourth-order valence-corrected chi connectivity index (χ4v) is 2.92. The van der Waals surface area contributed by atoms with Gasteiger partial charge >= 0.3 is 5.63 Å². The lowest BCUT2D eigenvalue weighted by atomic mass is 10.0. The molecule has 2 N–H and O–H groups in total. The number of fused-ring (bicyclic) bond motifs is 1. The van der Waals surface area contributed by atoms with E-state index in [-0.39, 0.29) is 12.1 Å².